The monoisotopic (exact) mass is 1410 g/mol. The van der Waals surface area contributed by atoms with E-state index in [4.69, 9.17) is 56.2 Å². The molecule has 3 N–H and O–H groups in total. The van der Waals surface area contributed by atoms with Gasteiger partial charge in [-0.2, -0.15) is 0 Å². The van der Waals surface area contributed by atoms with Crippen LogP contribution >= 0.6 is 7.82 Å². The summed E-state index contributed by atoms with van der Waals surface area (Å²) in [6, 6.07) is -2.41. The number of esters is 1. The number of methoxy groups -OCH3 is 2. The number of ether oxygens (including phenoxy) is 9. The molecular weight excluding hydrogens is 1270 g/mol. The summed E-state index contributed by atoms with van der Waals surface area (Å²) in [6.07, 6.45) is 37.1. The van der Waals surface area contributed by atoms with Gasteiger partial charge in [-0.05, 0) is 57.8 Å². The Kier molecular flexibility index (Phi) is 56.8. The van der Waals surface area contributed by atoms with Crippen LogP contribution in [0.5, 0.6) is 0 Å². The average molecular weight is 1410 g/mol. The lowest BCUT2D eigenvalue weighted by Gasteiger charge is -2.47. The van der Waals surface area contributed by atoms with Crippen molar-refractivity contribution in [1.82, 2.24) is 10.6 Å². The van der Waals surface area contributed by atoms with Crippen molar-refractivity contribution >= 4 is 31.4 Å². The number of hydrogen-bond acceptors (Lipinski definition) is 18. The number of ketones is 1. The molecule has 0 aromatic rings. The smallest absolute Gasteiger partial charge is 0.460 e. The lowest BCUT2D eigenvalue weighted by atomic mass is 9.95. The second-order valence-corrected chi connectivity index (χ2v) is 28.3. The number of rotatable bonds is 68. The maximum atomic E-state index is 14.7. The Bertz CT molecular complexity index is 2090. The summed E-state index contributed by atoms with van der Waals surface area (Å²) in [7, 11) is -1.33. The third-order valence-electron chi connectivity index (χ3n) is 18.0. The molecule has 0 aromatic carbocycles. The van der Waals surface area contributed by atoms with Crippen LogP contribution in [0.2, 0.25) is 0 Å². The van der Waals surface area contributed by atoms with Crippen LogP contribution in [0.25, 0.3) is 0 Å². The van der Waals surface area contributed by atoms with E-state index in [1.54, 1.807) is 7.11 Å². The van der Waals surface area contributed by atoms with Gasteiger partial charge in [0.15, 0.2) is 12.6 Å². The minimum atomic E-state index is -4.47. The number of carbonyl (C=O) groups excluding carboxylic acids is 4. The fraction of sp³-hybridized carbons (Fsp3) is 0.844. The standard InChI is InChI=1S/C77H139N2O18P/c1-10-17-21-25-28-31-32-33-34-35-36-38-40-44-48-52-67(81)78-71-75(90-58-53-64(87-9)51-47-42-24-20-13-4)73(97-98(85,93-55-15-6)94-56-16-7)66(60-86-8)96-77(71)91-61-65-72(84)74(89-57-49-45-41-30-27-23-19-12-3)70(76(95-65)92-62-69(83)88-54-14-5)79-68(82)59-63(80)50-46-43-39-37-29-26-22-18-11-2/h14-16,31-32,64-66,70-77,84H,5-7,10-13,17-30,33-62H2,1-4,8-9H3,(H,78,81)(H,79,82)/b32-31-/t64-,65-,66-,70-,71-,72-,73-,74-,75-,76+,77-/m1/s1. The highest BCUT2D eigenvalue weighted by Gasteiger charge is 2.53. The number of hydrogen-bond donors (Lipinski definition) is 3. The summed E-state index contributed by atoms with van der Waals surface area (Å²) in [5.41, 5.74) is 0. The van der Waals surface area contributed by atoms with Crippen molar-refractivity contribution in [2.75, 3.05) is 67.1 Å². The number of amides is 2. The lowest BCUT2D eigenvalue weighted by molar-refractivity contribution is -0.308. The van der Waals surface area contributed by atoms with Gasteiger partial charge in [0, 0.05) is 40.3 Å². The molecule has 2 heterocycles. The number of Topliss-reactive ketones (excluding diaryl/α,β-unsaturated/α-hetero) is 1. The van der Waals surface area contributed by atoms with Gasteiger partial charge in [0.05, 0.1) is 39.0 Å². The zero-order chi connectivity index (χ0) is 71.5. The first-order chi connectivity index (χ1) is 47.8. The maximum Gasteiger partial charge on any atom is 0.475 e. The SMILES string of the molecule is C=CCOC(=O)CO[C@H]1O[C@H](CO[C@@H]2O[C@H](COC)[C@@H](OP(=O)(OCC=C)OCC=C)[C@H](OCC[C@@H](CCCCCCC)OC)[C@H]2NC(=O)CCCCCCCCC/C=C\CCCCCC)[C@@H](O)[C@H](OCCCCCCCCCC)[C@H]1NC(=O)CC(=O)CCCCCCCCCCC. The molecule has 2 rings (SSSR count). The highest BCUT2D eigenvalue weighted by atomic mass is 31.2. The number of phosphoric ester groups is 1. The fourth-order valence-corrected chi connectivity index (χ4v) is 13.7. The Morgan fingerprint density at radius 2 is 0.969 bits per heavy atom. The molecule has 0 saturated carbocycles. The second-order valence-electron chi connectivity index (χ2n) is 26.6. The van der Waals surface area contributed by atoms with Crippen LogP contribution in [0, 0.1) is 0 Å². The first-order valence-electron chi connectivity index (χ1n) is 38.6. The van der Waals surface area contributed by atoms with Crippen molar-refractivity contribution in [1.29, 1.82) is 0 Å². The minimum absolute atomic E-state index is 0.0840. The van der Waals surface area contributed by atoms with E-state index >= 15 is 0 Å². The van der Waals surface area contributed by atoms with Crippen LogP contribution in [0.15, 0.2) is 50.1 Å². The number of nitrogens with one attached hydrogen (secondary N) is 2. The Morgan fingerprint density at radius 3 is 1.52 bits per heavy atom. The van der Waals surface area contributed by atoms with Crippen molar-refractivity contribution in [3.05, 3.63) is 50.1 Å². The topological polar surface area (TPSA) is 240 Å². The minimum Gasteiger partial charge on any atom is -0.460 e. The Hall–Kier alpha value is -3.21. The quantitative estimate of drug-likeness (QED) is 0.0169. The molecule has 2 fully saturated rings. The van der Waals surface area contributed by atoms with Gasteiger partial charge in [-0.15, -0.1) is 13.2 Å². The van der Waals surface area contributed by atoms with Gasteiger partial charge in [-0.1, -0.05) is 244 Å². The molecule has 2 aliphatic heterocycles. The van der Waals surface area contributed by atoms with E-state index in [2.05, 4.69) is 70.2 Å². The number of aliphatic hydroxyl groups excluding tert-OH is 1. The van der Waals surface area contributed by atoms with Crippen LogP contribution in [-0.2, 0) is 79.9 Å². The third kappa shape index (κ3) is 43.0. The molecule has 0 bridgehead atoms. The van der Waals surface area contributed by atoms with Gasteiger partial charge in [-0.25, -0.2) is 9.36 Å². The van der Waals surface area contributed by atoms with E-state index in [1.807, 2.05) is 0 Å². The van der Waals surface area contributed by atoms with Gasteiger partial charge in [0.1, 0.15) is 67.7 Å². The first-order valence-corrected chi connectivity index (χ1v) is 40.0. The Balaban J connectivity index is 2.64. The zero-order valence-corrected chi connectivity index (χ0v) is 63.0. The van der Waals surface area contributed by atoms with Crippen LogP contribution in [0.1, 0.15) is 285 Å². The molecule has 0 aromatic heterocycles. The highest BCUT2D eigenvalue weighted by Crippen LogP contribution is 2.52. The molecular formula is C77H139N2O18P. The van der Waals surface area contributed by atoms with E-state index < -0.39 is 101 Å². The molecule has 98 heavy (non-hydrogen) atoms. The summed E-state index contributed by atoms with van der Waals surface area (Å²) < 4.78 is 89.4. The van der Waals surface area contributed by atoms with Gasteiger partial charge in [0.2, 0.25) is 11.8 Å². The van der Waals surface area contributed by atoms with E-state index in [-0.39, 0.29) is 70.3 Å². The second kappa shape index (κ2) is 61.3. The molecule has 2 aliphatic rings. The van der Waals surface area contributed by atoms with E-state index in [0.717, 1.165) is 141 Å². The van der Waals surface area contributed by atoms with E-state index in [9.17, 15) is 28.8 Å². The van der Waals surface area contributed by atoms with Crippen LogP contribution in [0.4, 0.5) is 0 Å². The molecule has 2 amide bonds. The van der Waals surface area contributed by atoms with Crippen molar-refractivity contribution in [3.63, 3.8) is 0 Å². The third-order valence-corrected chi connectivity index (χ3v) is 19.4. The Morgan fingerprint density at radius 1 is 0.500 bits per heavy atom. The summed E-state index contributed by atoms with van der Waals surface area (Å²) in [5, 5.41) is 18.7. The Labute approximate surface area is 593 Å². The number of allylic oxidation sites excluding steroid dienone is 2. The van der Waals surface area contributed by atoms with Crippen LogP contribution in [0.3, 0.4) is 0 Å². The number of unbranched alkanes of at least 4 members (excludes halogenated alkanes) is 30. The van der Waals surface area contributed by atoms with Crippen molar-refractivity contribution in [2.24, 2.45) is 0 Å². The molecule has 0 unspecified atom stereocenters. The average Bonchev–Trinajstić information content (AvgIpc) is 0.784. The maximum absolute atomic E-state index is 14.7. The fourth-order valence-electron chi connectivity index (χ4n) is 12.3. The van der Waals surface area contributed by atoms with Gasteiger partial charge in [0.25, 0.3) is 0 Å². The molecule has 21 heteroatoms. The molecule has 0 aliphatic carbocycles. The van der Waals surface area contributed by atoms with Crippen LogP contribution < -0.4 is 10.6 Å². The summed E-state index contributed by atoms with van der Waals surface area (Å²) >= 11 is 0. The number of aliphatic hydroxyl groups is 1. The highest BCUT2D eigenvalue weighted by molar-refractivity contribution is 7.48. The summed E-state index contributed by atoms with van der Waals surface area (Å²) in [6.45, 7) is 18.5. The molecule has 570 valence electrons. The largest absolute Gasteiger partial charge is 0.475 e. The lowest BCUT2D eigenvalue weighted by Crippen LogP contribution is -2.68. The van der Waals surface area contributed by atoms with E-state index in [1.165, 1.54) is 96.0 Å². The molecule has 0 radical (unpaired) electrons. The van der Waals surface area contributed by atoms with Crippen molar-refractivity contribution in [2.45, 2.75) is 352 Å². The first kappa shape index (κ1) is 90.9. The predicted molar refractivity (Wildman–Crippen MR) is 389 cm³/mol. The van der Waals surface area contributed by atoms with E-state index in [0.29, 0.717) is 25.7 Å². The number of carbonyl (C=O) groups is 4. The molecule has 2 saturated heterocycles. The summed E-state index contributed by atoms with van der Waals surface area (Å²) in [4.78, 5) is 55.0. The zero-order valence-electron chi connectivity index (χ0n) is 62.1. The summed E-state index contributed by atoms with van der Waals surface area (Å²) in [5.74, 6) is -1.92. The normalized spacial score (nSPS) is 21.5. The van der Waals surface area contributed by atoms with Gasteiger partial charge in [-0.3, -0.25) is 28.0 Å². The number of phosphoric acid groups is 1. The van der Waals surface area contributed by atoms with Crippen LogP contribution in [-0.4, -0.2) is 163 Å². The molecule has 20 nitrogen and oxygen atoms in total. The van der Waals surface area contributed by atoms with Gasteiger partial charge < -0.3 is 58.4 Å². The molecule has 11 atom stereocenters. The predicted octanol–water partition coefficient (Wildman–Crippen LogP) is 16.7. The van der Waals surface area contributed by atoms with Crippen molar-refractivity contribution < 1.29 is 85.1 Å². The van der Waals surface area contributed by atoms with Gasteiger partial charge >= 0.3 is 13.8 Å². The van der Waals surface area contributed by atoms with Crippen molar-refractivity contribution in [3.8, 4) is 0 Å². The molecule has 0 spiro atoms.